The number of amides is 2. The minimum absolute atomic E-state index is 0.145. The predicted octanol–water partition coefficient (Wildman–Crippen LogP) is 4.58. The number of benzene rings is 2. The SMILES string of the molecule is CC1CNC(C(F)(F)F)C(=O)[C@H]1N(C(=O)[C@@H](N)CC(C)(C)F)[C@@H](c1ccc(-c2ccc(C3(C(N)=O)CC3)cc2)cc1)C(F)F. The summed E-state index contributed by atoms with van der Waals surface area (Å²) in [5.74, 6) is -4.16. The second-order valence-electron chi connectivity index (χ2n) is 12.4. The van der Waals surface area contributed by atoms with Crippen LogP contribution >= 0.6 is 0 Å². The highest BCUT2D eigenvalue weighted by Crippen LogP contribution is 2.48. The summed E-state index contributed by atoms with van der Waals surface area (Å²) in [6.07, 6.45) is -7.69. The molecular weight excluding hydrogens is 590 g/mol. The molecule has 7 nitrogen and oxygen atoms in total. The molecule has 2 aliphatic rings. The fourth-order valence-corrected chi connectivity index (χ4v) is 5.99. The van der Waals surface area contributed by atoms with Crippen molar-refractivity contribution in [2.75, 3.05) is 6.54 Å². The van der Waals surface area contributed by atoms with Gasteiger partial charge in [-0.25, -0.2) is 13.2 Å². The smallest absolute Gasteiger partial charge is 0.369 e. The van der Waals surface area contributed by atoms with Gasteiger partial charge >= 0.3 is 6.18 Å². The highest BCUT2D eigenvalue weighted by atomic mass is 19.4. The maximum Gasteiger partial charge on any atom is 0.410 e. The summed E-state index contributed by atoms with van der Waals surface area (Å²) in [6, 6.07) is 4.18. The first-order valence-corrected chi connectivity index (χ1v) is 14.3. The Hall–Kier alpha value is -3.45. The molecule has 2 aromatic carbocycles. The summed E-state index contributed by atoms with van der Waals surface area (Å²) in [5, 5.41) is 2.09. The Balaban J connectivity index is 1.72. The first kappa shape index (κ1) is 33.4. The van der Waals surface area contributed by atoms with Crippen molar-refractivity contribution in [2.24, 2.45) is 17.4 Å². The number of halogens is 6. The number of hydrogen-bond acceptors (Lipinski definition) is 5. The summed E-state index contributed by atoms with van der Waals surface area (Å²) in [7, 11) is 0. The van der Waals surface area contributed by atoms with Gasteiger partial charge in [-0.05, 0) is 54.9 Å². The quantitative estimate of drug-likeness (QED) is 0.334. The lowest BCUT2D eigenvalue weighted by Gasteiger charge is -2.45. The molecule has 1 aliphatic heterocycles. The summed E-state index contributed by atoms with van der Waals surface area (Å²) < 4.78 is 85.4. The molecule has 5 N–H and O–H groups in total. The third-order valence-electron chi connectivity index (χ3n) is 8.45. The van der Waals surface area contributed by atoms with Gasteiger partial charge in [0.25, 0.3) is 6.43 Å². The van der Waals surface area contributed by atoms with Gasteiger partial charge in [-0.3, -0.25) is 19.7 Å². The Morgan fingerprint density at radius 2 is 1.52 bits per heavy atom. The molecule has 0 bridgehead atoms. The van der Waals surface area contributed by atoms with Gasteiger partial charge in [0.1, 0.15) is 11.7 Å². The van der Waals surface area contributed by atoms with E-state index in [1.807, 2.05) is 0 Å². The molecule has 2 aromatic rings. The monoisotopic (exact) mass is 626 g/mol. The van der Waals surface area contributed by atoms with Crippen molar-refractivity contribution in [3.63, 3.8) is 0 Å². The zero-order valence-electron chi connectivity index (χ0n) is 24.5. The summed E-state index contributed by atoms with van der Waals surface area (Å²) in [6.45, 7) is 3.22. The van der Waals surface area contributed by atoms with Gasteiger partial charge in [0.15, 0.2) is 11.8 Å². The molecule has 0 radical (unpaired) electrons. The molecule has 2 unspecified atom stereocenters. The van der Waals surface area contributed by atoms with E-state index in [4.69, 9.17) is 11.5 Å². The van der Waals surface area contributed by atoms with E-state index in [0.29, 0.717) is 28.9 Å². The van der Waals surface area contributed by atoms with Crippen molar-refractivity contribution in [1.82, 2.24) is 10.2 Å². The molecule has 44 heavy (non-hydrogen) atoms. The molecule has 2 amide bonds. The van der Waals surface area contributed by atoms with Crippen LogP contribution in [0.15, 0.2) is 48.5 Å². The number of rotatable bonds is 10. The lowest BCUT2D eigenvalue weighted by atomic mass is 9.85. The maximum atomic E-state index is 14.9. The number of hydrogen-bond donors (Lipinski definition) is 3. The molecule has 13 heteroatoms. The zero-order valence-corrected chi connectivity index (χ0v) is 24.5. The molecular formula is C31H36F6N4O3. The van der Waals surface area contributed by atoms with E-state index in [9.17, 15) is 40.7 Å². The fourth-order valence-electron chi connectivity index (χ4n) is 5.99. The van der Waals surface area contributed by atoms with E-state index in [2.05, 4.69) is 5.32 Å². The second-order valence-corrected chi connectivity index (χ2v) is 12.4. The van der Waals surface area contributed by atoms with Gasteiger partial charge in [-0.1, -0.05) is 55.5 Å². The van der Waals surface area contributed by atoms with Crippen LogP contribution in [-0.4, -0.2) is 65.4 Å². The van der Waals surface area contributed by atoms with Crippen LogP contribution in [0.4, 0.5) is 26.3 Å². The molecule has 1 saturated heterocycles. The van der Waals surface area contributed by atoms with Crippen molar-refractivity contribution in [1.29, 1.82) is 0 Å². The Morgan fingerprint density at radius 1 is 1.00 bits per heavy atom. The van der Waals surface area contributed by atoms with E-state index >= 15 is 0 Å². The number of piperidine rings is 1. The standard InChI is InChI=1S/C31H36F6N4O3/c1-16-15-40-25(31(35,36)37)24(42)22(16)41(27(43)21(38)14-29(2,3)34)23(26(32)33)19-6-4-17(5-7-19)18-8-10-20(11-9-18)30(12-13-30)28(39)44/h4-11,16,21-23,25-26,40H,12-15,38H2,1-3H3,(H2,39,44)/t16?,21-,22-,23-,25?/m0/s1. The van der Waals surface area contributed by atoms with Crippen molar-refractivity contribution in [3.8, 4) is 11.1 Å². The first-order valence-electron chi connectivity index (χ1n) is 14.3. The minimum atomic E-state index is -5.04. The third-order valence-corrected chi connectivity index (χ3v) is 8.45. The Bertz CT molecular complexity index is 1370. The van der Waals surface area contributed by atoms with Crippen LogP contribution in [0, 0.1) is 5.92 Å². The van der Waals surface area contributed by atoms with Crippen LogP contribution in [-0.2, 0) is 19.8 Å². The lowest BCUT2D eigenvalue weighted by molar-refractivity contribution is -0.181. The Kier molecular flexibility index (Phi) is 9.24. The van der Waals surface area contributed by atoms with Gasteiger partial charge in [0, 0.05) is 13.0 Å². The topological polar surface area (TPSA) is 119 Å². The largest absolute Gasteiger partial charge is 0.410 e. The van der Waals surface area contributed by atoms with Gasteiger partial charge in [-0.2, -0.15) is 13.2 Å². The number of alkyl halides is 6. The summed E-state index contributed by atoms with van der Waals surface area (Å²) >= 11 is 0. The molecule has 1 aliphatic carbocycles. The minimum Gasteiger partial charge on any atom is -0.369 e. The van der Waals surface area contributed by atoms with Crippen LogP contribution in [0.25, 0.3) is 11.1 Å². The average Bonchev–Trinajstić information content (AvgIpc) is 3.73. The van der Waals surface area contributed by atoms with E-state index in [1.165, 1.54) is 31.2 Å². The lowest BCUT2D eigenvalue weighted by Crippen LogP contribution is -2.67. The number of carbonyl (C=O) groups excluding carboxylic acids is 3. The number of nitrogens with zero attached hydrogens (tertiary/aromatic N) is 1. The molecule has 2 fully saturated rings. The molecule has 0 spiro atoms. The van der Waals surface area contributed by atoms with Crippen LogP contribution in [0.2, 0.25) is 0 Å². The normalized spacial score (nSPS) is 23.2. The highest BCUT2D eigenvalue weighted by molar-refractivity contribution is 5.95. The van der Waals surface area contributed by atoms with E-state index in [1.54, 1.807) is 24.3 Å². The van der Waals surface area contributed by atoms with Gasteiger partial charge in [0.2, 0.25) is 11.8 Å². The first-order chi connectivity index (χ1) is 20.4. The third kappa shape index (κ3) is 6.78. The van der Waals surface area contributed by atoms with E-state index < -0.39 is 84.3 Å². The van der Waals surface area contributed by atoms with Crippen molar-refractivity contribution < 1.29 is 40.7 Å². The Labute approximate surface area is 251 Å². The van der Waals surface area contributed by atoms with E-state index in [-0.39, 0.29) is 5.56 Å². The van der Waals surface area contributed by atoms with Crippen molar-refractivity contribution in [2.45, 2.75) is 87.9 Å². The average molecular weight is 627 g/mol. The predicted molar refractivity (Wildman–Crippen MR) is 151 cm³/mol. The number of nitrogens with two attached hydrogens (primary N) is 2. The molecule has 1 saturated carbocycles. The van der Waals surface area contributed by atoms with Crippen LogP contribution < -0.4 is 16.8 Å². The number of primary amides is 1. The van der Waals surface area contributed by atoms with Gasteiger partial charge in [-0.15, -0.1) is 0 Å². The van der Waals surface area contributed by atoms with Crippen LogP contribution in [0.5, 0.6) is 0 Å². The maximum absolute atomic E-state index is 14.9. The molecule has 4 rings (SSSR count). The van der Waals surface area contributed by atoms with Crippen LogP contribution in [0.1, 0.15) is 57.2 Å². The highest BCUT2D eigenvalue weighted by Gasteiger charge is 2.55. The number of Topliss-reactive ketones (excluding diaryl/α,β-unsaturated/α-hetero) is 1. The Morgan fingerprint density at radius 3 is 1.95 bits per heavy atom. The zero-order chi connectivity index (χ0) is 32.8. The van der Waals surface area contributed by atoms with Gasteiger partial charge in [0.05, 0.1) is 17.5 Å². The number of carbonyl (C=O) groups is 3. The van der Waals surface area contributed by atoms with Crippen LogP contribution in [0.3, 0.4) is 0 Å². The fraction of sp³-hybridized carbons (Fsp3) is 0.516. The molecule has 0 aromatic heterocycles. The summed E-state index contributed by atoms with van der Waals surface area (Å²) in [5.41, 5.74) is 10.7. The number of ketones is 1. The molecule has 1 heterocycles. The van der Waals surface area contributed by atoms with Crippen molar-refractivity contribution in [3.05, 3.63) is 59.7 Å². The second kappa shape index (κ2) is 12.2. The number of nitrogens with one attached hydrogen (secondary N) is 1. The van der Waals surface area contributed by atoms with Crippen molar-refractivity contribution >= 4 is 17.6 Å². The van der Waals surface area contributed by atoms with Gasteiger partial charge < -0.3 is 16.4 Å². The summed E-state index contributed by atoms with van der Waals surface area (Å²) in [4.78, 5) is 39.2. The van der Waals surface area contributed by atoms with E-state index in [0.717, 1.165) is 19.4 Å². The molecule has 5 atom stereocenters. The molecule has 240 valence electrons.